The predicted molar refractivity (Wildman–Crippen MR) is 96.6 cm³/mol. The Labute approximate surface area is 152 Å². The number of anilines is 2. The number of benzene rings is 1. The summed E-state index contributed by atoms with van der Waals surface area (Å²) >= 11 is 0. The van der Waals surface area contributed by atoms with Gasteiger partial charge in [-0.3, -0.25) is 19.3 Å². The van der Waals surface area contributed by atoms with Gasteiger partial charge in [-0.15, -0.1) is 0 Å². The SMILES string of the molecule is CCN(C1CC1)[C@@H](C(N)=O)C(=O)Nc1ccc(N2CCOCC2=O)cc1. The minimum atomic E-state index is -0.979. The van der Waals surface area contributed by atoms with Crippen LogP contribution < -0.4 is 16.0 Å². The number of hydrogen-bond acceptors (Lipinski definition) is 5. The molecular formula is C18H24N4O4. The van der Waals surface area contributed by atoms with Crippen LogP contribution in [0.3, 0.4) is 0 Å². The first-order valence-corrected chi connectivity index (χ1v) is 8.85. The second-order valence-electron chi connectivity index (χ2n) is 6.50. The largest absolute Gasteiger partial charge is 0.370 e. The molecule has 2 aliphatic rings. The Kier molecular flexibility index (Phi) is 5.53. The number of hydrogen-bond donors (Lipinski definition) is 2. The van der Waals surface area contributed by atoms with Gasteiger partial charge in [0.2, 0.25) is 5.91 Å². The molecule has 0 spiro atoms. The van der Waals surface area contributed by atoms with Crippen molar-refractivity contribution in [3.05, 3.63) is 24.3 Å². The molecule has 1 saturated heterocycles. The van der Waals surface area contributed by atoms with Gasteiger partial charge in [-0.2, -0.15) is 0 Å². The van der Waals surface area contributed by atoms with Gasteiger partial charge in [0, 0.05) is 24.0 Å². The van der Waals surface area contributed by atoms with Gasteiger partial charge in [0.25, 0.3) is 11.8 Å². The summed E-state index contributed by atoms with van der Waals surface area (Å²) in [5.41, 5.74) is 6.77. The number of likely N-dealkylation sites (N-methyl/N-ethyl adjacent to an activating group) is 1. The number of primary amides is 1. The van der Waals surface area contributed by atoms with Crippen molar-refractivity contribution in [3.8, 4) is 0 Å². The molecule has 3 amide bonds. The number of carbonyl (C=O) groups excluding carboxylic acids is 3. The lowest BCUT2D eigenvalue weighted by atomic mass is 10.2. The molecular weight excluding hydrogens is 336 g/mol. The molecule has 0 bridgehead atoms. The minimum absolute atomic E-state index is 0.0762. The zero-order chi connectivity index (χ0) is 18.7. The molecule has 8 heteroatoms. The van der Waals surface area contributed by atoms with Gasteiger partial charge < -0.3 is 20.7 Å². The van der Waals surface area contributed by atoms with E-state index in [4.69, 9.17) is 10.5 Å². The Morgan fingerprint density at radius 2 is 2.04 bits per heavy atom. The summed E-state index contributed by atoms with van der Waals surface area (Å²) in [5.74, 6) is -1.17. The second kappa shape index (κ2) is 7.84. The number of nitrogens with zero attached hydrogens (tertiary/aromatic N) is 2. The molecule has 0 aromatic heterocycles. The molecule has 1 aromatic carbocycles. The lowest BCUT2D eigenvalue weighted by Crippen LogP contribution is -2.52. The molecule has 1 heterocycles. The number of morpholine rings is 1. The van der Waals surface area contributed by atoms with E-state index in [1.54, 1.807) is 29.2 Å². The highest BCUT2D eigenvalue weighted by atomic mass is 16.5. The monoisotopic (exact) mass is 360 g/mol. The second-order valence-corrected chi connectivity index (χ2v) is 6.50. The van der Waals surface area contributed by atoms with E-state index in [0.717, 1.165) is 18.5 Å². The van der Waals surface area contributed by atoms with E-state index >= 15 is 0 Å². The van der Waals surface area contributed by atoms with Crippen LogP contribution in [0.5, 0.6) is 0 Å². The van der Waals surface area contributed by atoms with E-state index in [1.807, 2.05) is 11.8 Å². The van der Waals surface area contributed by atoms with Crippen molar-refractivity contribution >= 4 is 29.1 Å². The molecule has 1 atom stereocenters. The Balaban J connectivity index is 1.68. The average molecular weight is 360 g/mol. The fourth-order valence-electron chi connectivity index (χ4n) is 3.23. The van der Waals surface area contributed by atoms with Gasteiger partial charge in [0.1, 0.15) is 6.61 Å². The topological polar surface area (TPSA) is 105 Å². The van der Waals surface area contributed by atoms with E-state index in [-0.39, 0.29) is 18.6 Å². The first kappa shape index (κ1) is 18.3. The summed E-state index contributed by atoms with van der Waals surface area (Å²) in [5, 5.41) is 2.75. The number of ether oxygens (including phenoxy) is 1. The normalized spacial score (nSPS) is 18.7. The molecule has 140 valence electrons. The average Bonchev–Trinajstić information content (AvgIpc) is 3.45. The summed E-state index contributed by atoms with van der Waals surface area (Å²) in [6.07, 6.45) is 1.96. The van der Waals surface area contributed by atoms with Crippen molar-refractivity contribution in [1.29, 1.82) is 0 Å². The molecule has 0 unspecified atom stereocenters. The Hall–Kier alpha value is -2.45. The van der Waals surface area contributed by atoms with Gasteiger partial charge >= 0.3 is 0 Å². The highest BCUT2D eigenvalue weighted by Gasteiger charge is 2.39. The van der Waals surface area contributed by atoms with Crippen molar-refractivity contribution in [3.63, 3.8) is 0 Å². The standard InChI is InChI=1S/C18H24N4O4/c1-2-21(13-7-8-13)16(17(19)24)18(25)20-12-3-5-14(6-4-12)22-9-10-26-11-15(22)23/h3-6,13,16H,2,7-11H2,1H3,(H2,19,24)(H,20,25)/t16-/m0/s1. The summed E-state index contributed by atoms with van der Waals surface area (Å²) < 4.78 is 5.12. The smallest absolute Gasteiger partial charge is 0.253 e. The molecule has 8 nitrogen and oxygen atoms in total. The molecule has 1 saturated carbocycles. The fraction of sp³-hybridized carbons (Fsp3) is 0.500. The van der Waals surface area contributed by atoms with Gasteiger partial charge in [0.15, 0.2) is 6.04 Å². The zero-order valence-corrected chi connectivity index (χ0v) is 14.8. The van der Waals surface area contributed by atoms with Crippen LogP contribution in [-0.4, -0.2) is 61.0 Å². The first-order chi connectivity index (χ1) is 12.5. The minimum Gasteiger partial charge on any atom is -0.370 e. The maximum absolute atomic E-state index is 12.6. The van der Waals surface area contributed by atoms with Crippen LogP contribution in [-0.2, 0) is 19.1 Å². The number of carbonyl (C=O) groups is 3. The predicted octanol–water partition coefficient (Wildman–Crippen LogP) is 0.327. The summed E-state index contributed by atoms with van der Waals surface area (Å²) in [4.78, 5) is 39.8. The van der Waals surface area contributed by atoms with Crippen molar-refractivity contribution < 1.29 is 19.1 Å². The van der Waals surface area contributed by atoms with Crippen molar-refractivity contribution in [1.82, 2.24) is 4.90 Å². The Morgan fingerprint density at radius 3 is 2.58 bits per heavy atom. The Bertz CT molecular complexity index is 687. The van der Waals surface area contributed by atoms with Crippen molar-refractivity contribution in [2.45, 2.75) is 31.8 Å². The van der Waals surface area contributed by atoms with Crippen LogP contribution in [0.25, 0.3) is 0 Å². The van der Waals surface area contributed by atoms with Crippen LogP contribution in [0.15, 0.2) is 24.3 Å². The van der Waals surface area contributed by atoms with E-state index in [9.17, 15) is 14.4 Å². The lowest BCUT2D eigenvalue weighted by molar-refractivity contribution is -0.132. The maximum Gasteiger partial charge on any atom is 0.253 e. The molecule has 0 radical (unpaired) electrons. The summed E-state index contributed by atoms with van der Waals surface area (Å²) in [6, 6.07) is 6.21. The van der Waals surface area contributed by atoms with E-state index in [1.165, 1.54) is 0 Å². The third-order valence-electron chi connectivity index (χ3n) is 4.66. The highest BCUT2D eigenvalue weighted by Crippen LogP contribution is 2.29. The van der Waals surface area contributed by atoms with Crippen LogP contribution in [0.4, 0.5) is 11.4 Å². The number of amides is 3. The quantitative estimate of drug-likeness (QED) is 0.682. The summed E-state index contributed by atoms with van der Waals surface area (Å²) in [6.45, 7) is 3.58. The molecule has 1 aromatic rings. The van der Waals surface area contributed by atoms with Crippen LogP contribution in [0.1, 0.15) is 19.8 Å². The van der Waals surface area contributed by atoms with Gasteiger partial charge in [-0.25, -0.2) is 0 Å². The summed E-state index contributed by atoms with van der Waals surface area (Å²) in [7, 11) is 0. The highest BCUT2D eigenvalue weighted by molar-refractivity contribution is 6.09. The van der Waals surface area contributed by atoms with Crippen LogP contribution in [0.2, 0.25) is 0 Å². The molecule has 3 rings (SSSR count). The third kappa shape index (κ3) is 4.03. The number of nitrogens with two attached hydrogens (primary N) is 1. The zero-order valence-electron chi connectivity index (χ0n) is 14.8. The van der Waals surface area contributed by atoms with E-state index in [2.05, 4.69) is 5.32 Å². The van der Waals surface area contributed by atoms with Crippen LogP contribution in [0, 0.1) is 0 Å². The molecule has 2 fully saturated rings. The van der Waals surface area contributed by atoms with Crippen LogP contribution >= 0.6 is 0 Å². The number of nitrogens with one attached hydrogen (secondary N) is 1. The molecule has 1 aliphatic heterocycles. The fourth-order valence-corrected chi connectivity index (χ4v) is 3.23. The number of rotatable bonds is 7. The first-order valence-electron chi connectivity index (χ1n) is 8.85. The maximum atomic E-state index is 12.6. The van der Waals surface area contributed by atoms with E-state index < -0.39 is 17.9 Å². The van der Waals surface area contributed by atoms with Gasteiger partial charge in [-0.1, -0.05) is 6.92 Å². The molecule has 1 aliphatic carbocycles. The van der Waals surface area contributed by atoms with Gasteiger partial charge in [0.05, 0.1) is 6.61 Å². The molecule has 26 heavy (non-hydrogen) atoms. The lowest BCUT2D eigenvalue weighted by Gasteiger charge is -2.28. The van der Waals surface area contributed by atoms with E-state index in [0.29, 0.717) is 25.4 Å². The van der Waals surface area contributed by atoms with Crippen molar-refractivity contribution in [2.75, 3.05) is 36.5 Å². The third-order valence-corrected chi connectivity index (χ3v) is 4.66. The van der Waals surface area contributed by atoms with Crippen molar-refractivity contribution in [2.24, 2.45) is 5.73 Å². The molecule has 3 N–H and O–H groups in total. The van der Waals surface area contributed by atoms with Gasteiger partial charge in [-0.05, 0) is 43.7 Å². The Morgan fingerprint density at radius 1 is 1.35 bits per heavy atom.